The second-order valence-corrected chi connectivity index (χ2v) is 6.61. The molecule has 1 heterocycles. The zero-order valence-corrected chi connectivity index (χ0v) is 15.4. The summed E-state index contributed by atoms with van der Waals surface area (Å²) in [6.45, 7) is 2.32. The Kier molecular flexibility index (Phi) is 5.20. The van der Waals surface area contributed by atoms with Gasteiger partial charge in [-0.3, -0.25) is 4.79 Å². The Balaban J connectivity index is 2.10. The van der Waals surface area contributed by atoms with E-state index < -0.39 is 5.97 Å². The number of anilines is 1. The average Bonchev–Trinajstić information content (AvgIpc) is 3.00. The van der Waals surface area contributed by atoms with Gasteiger partial charge in [-0.25, -0.2) is 4.79 Å². The molecular weight excluding hydrogens is 375 g/mol. The van der Waals surface area contributed by atoms with Gasteiger partial charge in [-0.2, -0.15) is 0 Å². The molecule has 0 fully saturated rings. The highest BCUT2D eigenvalue weighted by molar-refractivity contribution is 6.40. The Bertz CT molecular complexity index is 983. The Morgan fingerprint density at radius 3 is 2.46 bits per heavy atom. The van der Waals surface area contributed by atoms with Crippen LogP contribution in [0.25, 0.3) is 10.9 Å². The van der Waals surface area contributed by atoms with Crippen molar-refractivity contribution in [1.82, 2.24) is 4.98 Å². The number of halogens is 2. The molecular formula is C19H16Cl2N2O3. The molecule has 0 atom stereocenters. The van der Waals surface area contributed by atoms with Gasteiger partial charge in [0, 0.05) is 22.5 Å². The number of hydrogen-bond donors (Lipinski definition) is 2. The fourth-order valence-electron chi connectivity index (χ4n) is 2.94. The minimum atomic E-state index is -1.13. The molecule has 0 amide bonds. The van der Waals surface area contributed by atoms with Crippen molar-refractivity contribution in [1.29, 1.82) is 0 Å². The Hall–Kier alpha value is -2.50. The minimum Gasteiger partial charge on any atom is -0.477 e. The van der Waals surface area contributed by atoms with Crippen molar-refractivity contribution in [2.45, 2.75) is 6.92 Å². The number of ketones is 1. The first-order chi connectivity index (χ1) is 12.4. The largest absolute Gasteiger partial charge is 0.477 e. The number of carbonyl (C=O) groups is 2. The lowest BCUT2D eigenvalue weighted by Gasteiger charge is -2.23. The van der Waals surface area contributed by atoms with E-state index in [2.05, 4.69) is 4.98 Å². The lowest BCUT2D eigenvalue weighted by Crippen LogP contribution is -2.30. The summed E-state index contributed by atoms with van der Waals surface area (Å²) in [6.07, 6.45) is 0. The molecule has 26 heavy (non-hydrogen) atoms. The number of Topliss-reactive ketones (excluding diaryl/α,β-unsaturated/α-hetero) is 1. The molecule has 0 spiro atoms. The van der Waals surface area contributed by atoms with Crippen LogP contribution in [0.1, 0.15) is 27.8 Å². The van der Waals surface area contributed by atoms with Crippen LogP contribution in [0.2, 0.25) is 10.0 Å². The Labute approximate surface area is 160 Å². The molecule has 7 heteroatoms. The first-order valence-corrected chi connectivity index (χ1v) is 8.75. The van der Waals surface area contributed by atoms with Crippen LogP contribution < -0.4 is 4.90 Å². The predicted molar refractivity (Wildman–Crippen MR) is 104 cm³/mol. The van der Waals surface area contributed by atoms with Crippen molar-refractivity contribution >= 4 is 51.5 Å². The zero-order valence-electron chi connectivity index (χ0n) is 13.9. The normalized spacial score (nSPS) is 10.9. The van der Waals surface area contributed by atoms with Gasteiger partial charge in [0.2, 0.25) is 0 Å². The van der Waals surface area contributed by atoms with Gasteiger partial charge in [0.05, 0.1) is 22.8 Å². The summed E-state index contributed by atoms with van der Waals surface area (Å²) in [4.78, 5) is 28.9. The number of H-pyrrole nitrogens is 1. The molecule has 5 nitrogen and oxygen atoms in total. The molecule has 2 N–H and O–H groups in total. The lowest BCUT2D eigenvalue weighted by atomic mass is 10.1. The second-order valence-electron chi connectivity index (χ2n) is 5.77. The summed E-state index contributed by atoms with van der Waals surface area (Å²) in [5, 5.41) is 10.9. The first kappa shape index (κ1) is 18.3. The third kappa shape index (κ3) is 3.41. The van der Waals surface area contributed by atoms with E-state index in [0.717, 1.165) is 0 Å². The number of carbonyl (C=O) groups excluding carboxylic acids is 1. The number of carboxylic acid groups (broad SMARTS) is 1. The summed E-state index contributed by atoms with van der Waals surface area (Å²) in [7, 11) is 0. The molecule has 1 aromatic heterocycles. The highest BCUT2D eigenvalue weighted by Gasteiger charge is 2.25. The molecule has 2 aromatic carbocycles. The number of benzene rings is 2. The van der Waals surface area contributed by atoms with E-state index in [0.29, 0.717) is 38.7 Å². The summed E-state index contributed by atoms with van der Waals surface area (Å²) in [6, 6.07) is 12.0. The van der Waals surface area contributed by atoms with Crippen LogP contribution >= 0.6 is 23.2 Å². The van der Waals surface area contributed by atoms with Crippen LogP contribution in [0.15, 0.2) is 42.5 Å². The van der Waals surface area contributed by atoms with Gasteiger partial charge in [-0.15, -0.1) is 0 Å². The summed E-state index contributed by atoms with van der Waals surface area (Å²) in [5.41, 5.74) is 1.45. The molecule has 0 aliphatic heterocycles. The number of aromatic carboxylic acids is 1. The number of aromatic nitrogens is 1. The van der Waals surface area contributed by atoms with Gasteiger partial charge in [0.25, 0.3) is 0 Å². The Morgan fingerprint density at radius 2 is 1.85 bits per heavy atom. The third-order valence-corrected chi connectivity index (χ3v) is 4.65. The summed E-state index contributed by atoms with van der Waals surface area (Å²) < 4.78 is 0. The molecule has 3 aromatic rings. The molecule has 0 radical (unpaired) electrons. The number of nitrogens with zero attached hydrogens (tertiary/aromatic N) is 1. The first-order valence-electron chi connectivity index (χ1n) is 7.99. The molecule has 134 valence electrons. The smallest absolute Gasteiger partial charge is 0.354 e. The van der Waals surface area contributed by atoms with Crippen molar-refractivity contribution in [3.05, 3.63) is 63.8 Å². The van der Waals surface area contributed by atoms with E-state index in [4.69, 9.17) is 23.2 Å². The van der Waals surface area contributed by atoms with Crippen LogP contribution in [-0.2, 0) is 0 Å². The van der Waals surface area contributed by atoms with Crippen LogP contribution in [0.4, 0.5) is 5.69 Å². The average molecular weight is 391 g/mol. The summed E-state index contributed by atoms with van der Waals surface area (Å²) in [5.74, 6) is -1.24. The molecule has 0 saturated heterocycles. The van der Waals surface area contributed by atoms with Gasteiger partial charge in [-0.1, -0.05) is 53.5 Å². The van der Waals surface area contributed by atoms with Crippen LogP contribution in [0, 0.1) is 0 Å². The number of rotatable bonds is 6. The maximum atomic E-state index is 12.6. The molecule has 0 saturated carbocycles. The number of hydrogen-bond acceptors (Lipinski definition) is 3. The topological polar surface area (TPSA) is 73.4 Å². The molecule has 3 rings (SSSR count). The molecule has 0 aliphatic rings. The van der Waals surface area contributed by atoms with E-state index in [1.807, 2.05) is 13.0 Å². The van der Waals surface area contributed by atoms with Crippen LogP contribution in [-0.4, -0.2) is 34.9 Å². The summed E-state index contributed by atoms with van der Waals surface area (Å²) >= 11 is 12.4. The SMILES string of the molecule is CCN(CC(=O)c1ccccc1)c1c(C(=O)O)[nH]c2cc(Cl)cc(Cl)c12. The number of aromatic amines is 1. The highest BCUT2D eigenvalue weighted by atomic mass is 35.5. The zero-order chi connectivity index (χ0) is 18.8. The predicted octanol–water partition coefficient (Wildman–Crippen LogP) is 4.88. The van der Waals surface area contributed by atoms with Gasteiger partial charge in [-0.05, 0) is 19.1 Å². The third-order valence-electron chi connectivity index (χ3n) is 4.13. The van der Waals surface area contributed by atoms with E-state index in [1.54, 1.807) is 41.3 Å². The number of likely N-dealkylation sites (N-methyl/N-ethyl adjacent to an activating group) is 1. The van der Waals surface area contributed by atoms with Gasteiger partial charge in [0.15, 0.2) is 5.78 Å². The minimum absolute atomic E-state index is 0.0214. The second kappa shape index (κ2) is 7.40. The maximum absolute atomic E-state index is 12.6. The number of carboxylic acids is 1. The quantitative estimate of drug-likeness (QED) is 0.588. The Morgan fingerprint density at radius 1 is 1.15 bits per heavy atom. The van der Waals surface area contributed by atoms with Gasteiger partial charge < -0.3 is 15.0 Å². The van der Waals surface area contributed by atoms with Crippen molar-refractivity contribution in [2.75, 3.05) is 18.0 Å². The monoisotopic (exact) mass is 390 g/mol. The molecule has 0 aliphatic carbocycles. The van der Waals surface area contributed by atoms with Crippen molar-refractivity contribution in [3.63, 3.8) is 0 Å². The molecule has 0 unspecified atom stereocenters. The van der Waals surface area contributed by atoms with E-state index >= 15 is 0 Å². The van der Waals surface area contributed by atoms with Crippen molar-refractivity contribution in [3.8, 4) is 0 Å². The molecule has 0 bridgehead atoms. The van der Waals surface area contributed by atoms with Crippen molar-refractivity contribution in [2.24, 2.45) is 0 Å². The fourth-order valence-corrected chi connectivity index (χ4v) is 3.52. The van der Waals surface area contributed by atoms with Gasteiger partial charge in [0.1, 0.15) is 5.69 Å². The van der Waals surface area contributed by atoms with E-state index in [1.165, 1.54) is 0 Å². The highest BCUT2D eigenvalue weighted by Crippen LogP contribution is 2.38. The number of nitrogens with one attached hydrogen (secondary N) is 1. The standard InChI is InChI=1S/C19H16Cl2N2O3/c1-2-23(10-15(24)11-6-4-3-5-7-11)18-16-13(21)8-12(20)9-14(16)22-17(18)19(25)26/h3-9,22H,2,10H2,1H3,(H,25,26). The maximum Gasteiger partial charge on any atom is 0.354 e. The van der Waals surface area contributed by atoms with Crippen LogP contribution in [0.3, 0.4) is 0 Å². The van der Waals surface area contributed by atoms with Gasteiger partial charge >= 0.3 is 5.97 Å². The van der Waals surface area contributed by atoms with Crippen LogP contribution in [0.5, 0.6) is 0 Å². The lowest BCUT2D eigenvalue weighted by molar-refractivity contribution is 0.0691. The van der Waals surface area contributed by atoms with E-state index in [9.17, 15) is 14.7 Å². The number of fused-ring (bicyclic) bond motifs is 1. The van der Waals surface area contributed by atoms with E-state index in [-0.39, 0.29) is 18.0 Å². The van der Waals surface area contributed by atoms with Crippen molar-refractivity contribution < 1.29 is 14.7 Å². The fraction of sp³-hybridized carbons (Fsp3) is 0.158.